The summed E-state index contributed by atoms with van der Waals surface area (Å²) in [5.74, 6) is 0.554. The molecule has 6 heteroatoms. The number of anilines is 1. The summed E-state index contributed by atoms with van der Waals surface area (Å²) in [5, 5.41) is 0. The Kier molecular flexibility index (Phi) is 2.99. The zero-order chi connectivity index (χ0) is 12.6. The van der Waals surface area contributed by atoms with E-state index in [0.29, 0.717) is 5.82 Å². The van der Waals surface area contributed by atoms with Gasteiger partial charge < -0.3 is 10.6 Å². The van der Waals surface area contributed by atoms with E-state index in [2.05, 4.69) is 4.98 Å². The molecule has 1 aliphatic heterocycles. The van der Waals surface area contributed by atoms with Crippen molar-refractivity contribution in [2.45, 2.75) is 31.6 Å². The maximum absolute atomic E-state index is 12.4. The van der Waals surface area contributed by atoms with E-state index >= 15 is 0 Å². The van der Waals surface area contributed by atoms with Crippen molar-refractivity contribution in [2.24, 2.45) is 5.73 Å². The second-order valence-corrected chi connectivity index (χ2v) is 4.29. The number of hydrogen-bond donors (Lipinski definition) is 1. The summed E-state index contributed by atoms with van der Waals surface area (Å²) in [4.78, 5) is 5.80. The predicted molar refractivity (Wildman–Crippen MR) is 58.6 cm³/mol. The average Bonchev–Trinajstić information content (AvgIpc) is 2.59. The van der Waals surface area contributed by atoms with Gasteiger partial charge in [0.05, 0.1) is 5.56 Å². The first kappa shape index (κ1) is 12.2. The van der Waals surface area contributed by atoms with E-state index in [1.165, 1.54) is 6.07 Å². The highest BCUT2D eigenvalue weighted by atomic mass is 19.4. The fraction of sp³-hybridized carbons (Fsp3) is 0.545. The molecule has 0 aliphatic carbocycles. The van der Waals surface area contributed by atoms with Gasteiger partial charge >= 0.3 is 6.18 Å². The number of pyridine rings is 1. The van der Waals surface area contributed by atoms with Gasteiger partial charge in [-0.05, 0) is 25.5 Å². The highest BCUT2D eigenvalue weighted by Crippen LogP contribution is 2.30. The van der Waals surface area contributed by atoms with Crippen molar-refractivity contribution < 1.29 is 13.2 Å². The molecule has 3 nitrogen and oxygen atoms in total. The van der Waals surface area contributed by atoms with Crippen LogP contribution in [0.5, 0.6) is 0 Å². The number of nitrogens with two attached hydrogens (primary N) is 1. The first-order chi connectivity index (χ1) is 7.89. The average molecular weight is 245 g/mol. The first-order valence-corrected chi connectivity index (χ1v) is 5.45. The maximum Gasteiger partial charge on any atom is 0.417 e. The lowest BCUT2D eigenvalue weighted by Crippen LogP contribution is -2.37. The van der Waals surface area contributed by atoms with Gasteiger partial charge in [0, 0.05) is 24.8 Å². The number of alkyl halides is 3. The normalized spacial score (nSPS) is 25.4. The van der Waals surface area contributed by atoms with Gasteiger partial charge in [0.2, 0.25) is 0 Å². The number of halogens is 3. The van der Waals surface area contributed by atoms with Crippen LogP contribution in [0.15, 0.2) is 18.3 Å². The van der Waals surface area contributed by atoms with Gasteiger partial charge in [-0.2, -0.15) is 13.2 Å². The molecular weight excluding hydrogens is 231 g/mol. The summed E-state index contributed by atoms with van der Waals surface area (Å²) in [7, 11) is 0. The Bertz CT molecular complexity index is 388. The molecule has 17 heavy (non-hydrogen) atoms. The molecular formula is C11H14F3N3. The van der Waals surface area contributed by atoms with Crippen molar-refractivity contribution in [3.8, 4) is 0 Å². The molecule has 1 saturated heterocycles. The summed E-state index contributed by atoms with van der Waals surface area (Å²) in [6, 6.07) is 2.62. The minimum Gasteiger partial charge on any atom is -0.352 e. The third kappa shape index (κ3) is 2.36. The molecule has 2 rings (SSSR count). The van der Waals surface area contributed by atoms with Crippen LogP contribution >= 0.6 is 0 Å². The third-order valence-electron chi connectivity index (χ3n) is 3.18. The molecule has 1 aromatic heterocycles. The molecule has 2 heterocycles. The summed E-state index contributed by atoms with van der Waals surface area (Å²) in [6.45, 7) is 2.69. The predicted octanol–water partition coefficient (Wildman–Crippen LogP) is 2.03. The van der Waals surface area contributed by atoms with Gasteiger partial charge in [-0.15, -0.1) is 0 Å². The lowest BCUT2D eigenvalue weighted by atomic mass is 10.2. The van der Waals surface area contributed by atoms with E-state index in [9.17, 15) is 13.2 Å². The Morgan fingerprint density at radius 2 is 2.12 bits per heavy atom. The minimum atomic E-state index is -4.33. The molecule has 0 radical (unpaired) electrons. The summed E-state index contributed by atoms with van der Waals surface area (Å²) in [5.41, 5.74) is 5.13. The Labute approximate surface area is 97.4 Å². The fourth-order valence-electron chi connectivity index (χ4n) is 2.01. The standard InChI is InChI=1S/C11H14F3N3/c1-7-9(15)4-5-17(7)10-3-2-8(6-16-10)11(12,13)14/h2-3,6-7,9H,4-5,15H2,1H3. The van der Waals surface area contributed by atoms with E-state index in [1.807, 2.05) is 11.8 Å². The molecule has 0 amide bonds. The summed E-state index contributed by atoms with van der Waals surface area (Å²) < 4.78 is 37.1. The van der Waals surface area contributed by atoms with Crippen molar-refractivity contribution in [3.63, 3.8) is 0 Å². The van der Waals surface area contributed by atoms with Gasteiger partial charge in [0.1, 0.15) is 5.82 Å². The Hall–Kier alpha value is -1.30. The largest absolute Gasteiger partial charge is 0.417 e. The second kappa shape index (κ2) is 4.18. The van der Waals surface area contributed by atoms with Gasteiger partial charge in [-0.3, -0.25) is 0 Å². The monoisotopic (exact) mass is 245 g/mol. The van der Waals surface area contributed by atoms with Crippen LogP contribution in [0, 0.1) is 0 Å². The summed E-state index contributed by atoms with van der Waals surface area (Å²) in [6.07, 6.45) is -2.63. The van der Waals surface area contributed by atoms with Crippen LogP contribution in [0.3, 0.4) is 0 Å². The van der Waals surface area contributed by atoms with Gasteiger partial charge in [-0.1, -0.05) is 0 Å². The molecule has 0 aromatic carbocycles. The van der Waals surface area contributed by atoms with Crippen molar-refractivity contribution in [3.05, 3.63) is 23.9 Å². The van der Waals surface area contributed by atoms with E-state index in [-0.39, 0.29) is 12.1 Å². The molecule has 0 saturated carbocycles. The van der Waals surface area contributed by atoms with Crippen LogP contribution < -0.4 is 10.6 Å². The number of hydrogen-bond acceptors (Lipinski definition) is 3. The zero-order valence-corrected chi connectivity index (χ0v) is 9.41. The van der Waals surface area contributed by atoms with Crippen molar-refractivity contribution >= 4 is 5.82 Å². The molecule has 2 N–H and O–H groups in total. The highest BCUT2D eigenvalue weighted by Gasteiger charge is 2.32. The van der Waals surface area contributed by atoms with Crippen molar-refractivity contribution in [1.82, 2.24) is 4.98 Å². The number of rotatable bonds is 1. The minimum absolute atomic E-state index is 0.0547. The van der Waals surface area contributed by atoms with Crippen LogP contribution in [-0.2, 0) is 6.18 Å². The molecule has 2 unspecified atom stereocenters. The molecule has 1 aromatic rings. The van der Waals surface area contributed by atoms with E-state index in [0.717, 1.165) is 25.2 Å². The Balaban J connectivity index is 2.19. The Morgan fingerprint density at radius 1 is 1.41 bits per heavy atom. The SMILES string of the molecule is CC1C(N)CCN1c1ccc(C(F)(F)F)cn1. The van der Waals surface area contributed by atoms with E-state index in [4.69, 9.17) is 5.73 Å². The quantitative estimate of drug-likeness (QED) is 0.823. The number of nitrogens with zero attached hydrogens (tertiary/aromatic N) is 2. The van der Waals surface area contributed by atoms with Crippen LogP contribution in [0.25, 0.3) is 0 Å². The zero-order valence-electron chi connectivity index (χ0n) is 9.41. The smallest absolute Gasteiger partial charge is 0.352 e. The molecule has 94 valence electrons. The molecule has 0 bridgehead atoms. The first-order valence-electron chi connectivity index (χ1n) is 5.45. The van der Waals surface area contributed by atoms with E-state index in [1.54, 1.807) is 0 Å². The second-order valence-electron chi connectivity index (χ2n) is 4.29. The summed E-state index contributed by atoms with van der Waals surface area (Å²) >= 11 is 0. The third-order valence-corrected chi connectivity index (χ3v) is 3.18. The van der Waals surface area contributed by atoms with Crippen LogP contribution in [0.1, 0.15) is 18.9 Å². The molecule has 1 fully saturated rings. The number of aromatic nitrogens is 1. The van der Waals surface area contributed by atoms with Gasteiger partial charge in [-0.25, -0.2) is 4.98 Å². The van der Waals surface area contributed by atoms with Crippen LogP contribution in [0.4, 0.5) is 19.0 Å². The maximum atomic E-state index is 12.4. The van der Waals surface area contributed by atoms with Gasteiger partial charge in [0.25, 0.3) is 0 Å². The molecule has 1 aliphatic rings. The Morgan fingerprint density at radius 3 is 2.53 bits per heavy atom. The topological polar surface area (TPSA) is 42.1 Å². The lowest BCUT2D eigenvalue weighted by Gasteiger charge is -2.24. The lowest BCUT2D eigenvalue weighted by molar-refractivity contribution is -0.137. The van der Waals surface area contributed by atoms with E-state index < -0.39 is 11.7 Å². The van der Waals surface area contributed by atoms with Crippen molar-refractivity contribution in [2.75, 3.05) is 11.4 Å². The van der Waals surface area contributed by atoms with Crippen LogP contribution in [0.2, 0.25) is 0 Å². The van der Waals surface area contributed by atoms with Crippen molar-refractivity contribution in [1.29, 1.82) is 0 Å². The highest BCUT2D eigenvalue weighted by molar-refractivity contribution is 5.42. The fourth-order valence-corrected chi connectivity index (χ4v) is 2.01. The molecule has 0 spiro atoms. The molecule has 2 atom stereocenters. The van der Waals surface area contributed by atoms with Gasteiger partial charge in [0.15, 0.2) is 0 Å². The van der Waals surface area contributed by atoms with Crippen LogP contribution in [-0.4, -0.2) is 23.6 Å².